The Balaban J connectivity index is 1.19. The number of phenolic OH excluding ortho intramolecular Hbond substituents is 1. The topological polar surface area (TPSA) is 143 Å². The number of amides is 3. The second kappa shape index (κ2) is 11.6. The number of anilines is 1. The average Bonchev–Trinajstić information content (AvgIpc) is 3.32. The molecule has 3 aromatic carbocycles. The standard InChI is InChI=1S/C30H28N4O5S/c1-17(28(37)34-32-16-23-21-7-3-2-6-18(21)12-15-24(23)35)39-20-13-10-19(11-14-20)29(38)33-30-26(27(31)36)22-8-4-5-9-25(22)40-30/h2-3,6-7,10-17,35H,4-5,8-9H2,1H3,(H2,31,36)(H,33,38)(H,34,37)/b32-16+. The van der Waals surface area contributed by atoms with Crippen LogP contribution in [0.25, 0.3) is 10.8 Å². The molecule has 1 aliphatic rings. The summed E-state index contributed by atoms with van der Waals surface area (Å²) in [5, 5.41) is 19.3. The molecule has 1 atom stereocenters. The summed E-state index contributed by atoms with van der Waals surface area (Å²) in [7, 11) is 0. The highest BCUT2D eigenvalue weighted by Gasteiger charge is 2.25. The summed E-state index contributed by atoms with van der Waals surface area (Å²) >= 11 is 1.41. The molecule has 40 heavy (non-hydrogen) atoms. The number of carbonyl (C=O) groups excluding carboxylic acids is 3. The number of nitrogens with one attached hydrogen (secondary N) is 2. The molecule has 5 rings (SSSR count). The SMILES string of the molecule is CC(Oc1ccc(C(=O)Nc2sc3c(c2C(N)=O)CCCC3)cc1)C(=O)N/N=C/c1c(O)ccc2ccccc12. The van der Waals surface area contributed by atoms with Gasteiger partial charge >= 0.3 is 0 Å². The van der Waals surface area contributed by atoms with Crippen molar-refractivity contribution in [1.82, 2.24) is 5.43 Å². The number of carbonyl (C=O) groups is 3. The lowest BCUT2D eigenvalue weighted by atomic mass is 9.95. The summed E-state index contributed by atoms with van der Waals surface area (Å²) in [4.78, 5) is 38.6. The maximum Gasteiger partial charge on any atom is 0.280 e. The first-order valence-corrected chi connectivity index (χ1v) is 13.7. The van der Waals surface area contributed by atoms with Crippen molar-refractivity contribution in [1.29, 1.82) is 0 Å². The van der Waals surface area contributed by atoms with E-state index in [1.54, 1.807) is 43.3 Å². The maximum absolute atomic E-state index is 12.9. The molecular weight excluding hydrogens is 528 g/mol. The van der Waals surface area contributed by atoms with Crippen molar-refractivity contribution in [3.05, 3.63) is 87.8 Å². The van der Waals surface area contributed by atoms with Gasteiger partial charge in [0.25, 0.3) is 17.7 Å². The molecule has 5 N–H and O–H groups in total. The molecule has 1 heterocycles. The van der Waals surface area contributed by atoms with Gasteiger partial charge in [-0.05, 0) is 79.3 Å². The van der Waals surface area contributed by atoms with Crippen LogP contribution < -0.4 is 21.2 Å². The van der Waals surface area contributed by atoms with Gasteiger partial charge < -0.3 is 20.9 Å². The zero-order valence-electron chi connectivity index (χ0n) is 21.8. The quantitative estimate of drug-likeness (QED) is 0.183. The number of benzene rings is 3. The van der Waals surface area contributed by atoms with E-state index in [4.69, 9.17) is 10.5 Å². The Kier molecular flexibility index (Phi) is 7.79. The molecule has 9 nitrogen and oxygen atoms in total. The van der Waals surface area contributed by atoms with Crippen molar-refractivity contribution >= 4 is 51.0 Å². The molecule has 1 aliphatic carbocycles. The van der Waals surface area contributed by atoms with Gasteiger partial charge in [-0.3, -0.25) is 14.4 Å². The molecule has 1 aromatic heterocycles. The summed E-state index contributed by atoms with van der Waals surface area (Å²) in [5.41, 5.74) is 10.3. The van der Waals surface area contributed by atoms with Gasteiger partial charge in [0.05, 0.1) is 11.8 Å². The molecule has 0 spiro atoms. The van der Waals surface area contributed by atoms with E-state index in [0.29, 0.717) is 27.4 Å². The average molecular weight is 557 g/mol. The van der Waals surface area contributed by atoms with E-state index in [1.807, 2.05) is 24.3 Å². The number of hydrogen-bond acceptors (Lipinski definition) is 7. The van der Waals surface area contributed by atoms with Gasteiger partial charge in [0.1, 0.15) is 16.5 Å². The number of nitrogens with zero attached hydrogens (tertiary/aromatic N) is 1. The first kappa shape index (κ1) is 26.9. The third kappa shape index (κ3) is 5.67. The fourth-order valence-corrected chi connectivity index (χ4v) is 5.99. The zero-order chi connectivity index (χ0) is 28.2. The Bertz CT molecular complexity index is 1630. The van der Waals surface area contributed by atoms with E-state index in [1.165, 1.54) is 17.6 Å². The number of hydrazone groups is 1. The highest BCUT2D eigenvalue weighted by Crippen LogP contribution is 2.38. The molecule has 204 valence electrons. The number of aryl methyl sites for hydroxylation is 1. The van der Waals surface area contributed by atoms with Crippen LogP contribution in [0.5, 0.6) is 11.5 Å². The van der Waals surface area contributed by atoms with Crippen molar-refractivity contribution in [2.75, 3.05) is 5.32 Å². The minimum atomic E-state index is -0.881. The molecule has 0 saturated carbocycles. The summed E-state index contributed by atoms with van der Waals surface area (Å²) in [5.74, 6) is -0.958. The van der Waals surface area contributed by atoms with Crippen molar-refractivity contribution in [2.24, 2.45) is 10.8 Å². The second-order valence-electron chi connectivity index (χ2n) is 9.47. The van der Waals surface area contributed by atoms with Gasteiger partial charge in [0, 0.05) is 16.0 Å². The summed E-state index contributed by atoms with van der Waals surface area (Å²) in [6, 6.07) is 17.2. The number of nitrogens with two attached hydrogens (primary N) is 1. The van der Waals surface area contributed by atoms with Crippen LogP contribution in [-0.2, 0) is 17.6 Å². The largest absolute Gasteiger partial charge is 0.507 e. The van der Waals surface area contributed by atoms with Crippen molar-refractivity contribution in [3.63, 3.8) is 0 Å². The van der Waals surface area contributed by atoms with Gasteiger partial charge in [-0.25, -0.2) is 5.43 Å². The first-order valence-electron chi connectivity index (χ1n) is 12.9. The predicted molar refractivity (Wildman–Crippen MR) is 155 cm³/mol. The Morgan fingerprint density at radius 2 is 1.80 bits per heavy atom. The Hall–Kier alpha value is -4.70. The van der Waals surface area contributed by atoms with Crippen LogP contribution in [0, 0.1) is 0 Å². The Labute approximate surface area is 234 Å². The van der Waals surface area contributed by atoms with E-state index in [9.17, 15) is 19.5 Å². The van der Waals surface area contributed by atoms with E-state index >= 15 is 0 Å². The molecular formula is C30H28N4O5S. The molecule has 0 radical (unpaired) electrons. The van der Waals surface area contributed by atoms with Crippen LogP contribution in [0.15, 0.2) is 65.8 Å². The minimum Gasteiger partial charge on any atom is -0.507 e. The van der Waals surface area contributed by atoms with E-state index in [2.05, 4.69) is 15.8 Å². The number of primary amides is 1. The minimum absolute atomic E-state index is 0.0506. The number of rotatable bonds is 8. The summed E-state index contributed by atoms with van der Waals surface area (Å²) in [6.07, 6.45) is 4.23. The third-order valence-corrected chi connectivity index (χ3v) is 7.97. The molecule has 4 aromatic rings. The molecule has 0 aliphatic heterocycles. The number of hydrogen-bond donors (Lipinski definition) is 4. The van der Waals surface area contributed by atoms with Gasteiger partial charge in [-0.1, -0.05) is 30.3 Å². The monoisotopic (exact) mass is 556 g/mol. The lowest BCUT2D eigenvalue weighted by Crippen LogP contribution is -2.33. The number of ether oxygens (including phenoxy) is 1. The Morgan fingerprint density at radius 1 is 1.05 bits per heavy atom. The van der Waals surface area contributed by atoms with Crippen molar-refractivity contribution in [2.45, 2.75) is 38.7 Å². The lowest BCUT2D eigenvalue weighted by Gasteiger charge is -2.13. The fourth-order valence-electron chi connectivity index (χ4n) is 4.70. The van der Waals surface area contributed by atoms with Crippen LogP contribution in [-0.4, -0.2) is 35.1 Å². The second-order valence-corrected chi connectivity index (χ2v) is 10.6. The van der Waals surface area contributed by atoms with Crippen LogP contribution >= 0.6 is 11.3 Å². The smallest absolute Gasteiger partial charge is 0.280 e. The highest BCUT2D eigenvalue weighted by molar-refractivity contribution is 7.17. The highest BCUT2D eigenvalue weighted by atomic mass is 32.1. The molecule has 0 saturated heterocycles. The molecule has 0 fully saturated rings. The number of phenols is 1. The van der Waals surface area contributed by atoms with Gasteiger partial charge in [0.15, 0.2) is 6.10 Å². The van der Waals surface area contributed by atoms with Crippen molar-refractivity contribution < 1.29 is 24.2 Å². The fraction of sp³-hybridized carbons (Fsp3) is 0.200. The molecule has 3 amide bonds. The maximum atomic E-state index is 12.9. The number of fused-ring (bicyclic) bond motifs is 2. The molecule has 10 heteroatoms. The van der Waals surface area contributed by atoms with Gasteiger partial charge in [-0.2, -0.15) is 5.10 Å². The number of thiophene rings is 1. The zero-order valence-corrected chi connectivity index (χ0v) is 22.6. The van der Waals surface area contributed by atoms with Crippen LogP contribution in [0.3, 0.4) is 0 Å². The molecule has 0 bridgehead atoms. The van der Waals surface area contributed by atoms with Gasteiger partial charge in [0.2, 0.25) is 0 Å². The first-order chi connectivity index (χ1) is 19.3. The van der Waals surface area contributed by atoms with Crippen LogP contribution in [0.1, 0.15) is 56.5 Å². The Morgan fingerprint density at radius 3 is 2.58 bits per heavy atom. The van der Waals surface area contributed by atoms with Gasteiger partial charge in [-0.15, -0.1) is 11.3 Å². The van der Waals surface area contributed by atoms with Crippen LogP contribution in [0.4, 0.5) is 5.00 Å². The molecule has 1 unspecified atom stereocenters. The van der Waals surface area contributed by atoms with Crippen LogP contribution in [0.2, 0.25) is 0 Å². The summed E-state index contributed by atoms with van der Waals surface area (Å²) < 4.78 is 5.71. The third-order valence-electron chi connectivity index (χ3n) is 6.76. The lowest BCUT2D eigenvalue weighted by molar-refractivity contribution is -0.127. The van der Waals surface area contributed by atoms with E-state index < -0.39 is 17.9 Å². The van der Waals surface area contributed by atoms with Crippen molar-refractivity contribution in [3.8, 4) is 11.5 Å². The normalized spacial score (nSPS) is 13.5. The summed E-state index contributed by atoms with van der Waals surface area (Å²) in [6.45, 7) is 1.57. The van der Waals surface area contributed by atoms with E-state index in [0.717, 1.165) is 46.9 Å². The number of aromatic hydroxyl groups is 1. The van der Waals surface area contributed by atoms with E-state index in [-0.39, 0.29) is 11.7 Å². The predicted octanol–water partition coefficient (Wildman–Crippen LogP) is 4.75.